The largest absolute Gasteiger partial charge is 0.397 e. The molecule has 1 rings (SSSR count). The first kappa shape index (κ1) is 7.35. The van der Waals surface area contributed by atoms with Crippen LogP contribution >= 0.6 is 11.6 Å². The average Bonchev–Trinajstić information content (AvgIpc) is 1.88. The molecular formula is C7H9ClN2. The van der Waals surface area contributed by atoms with Gasteiger partial charge in [-0.2, -0.15) is 0 Å². The molecule has 1 aromatic heterocycles. The minimum absolute atomic E-state index is 0.655. The molecule has 0 aliphatic rings. The van der Waals surface area contributed by atoms with Crippen LogP contribution in [0, 0.1) is 0 Å². The zero-order chi connectivity index (χ0) is 7.56. The van der Waals surface area contributed by atoms with Crippen LogP contribution in [0.15, 0.2) is 12.4 Å². The van der Waals surface area contributed by atoms with E-state index >= 15 is 0 Å². The van der Waals surface area contributed by atoms with Gasteiger partial charge in [0.05, 0.1) is 16.9 Å². The SMILES string of the molecule is CCc1c(N)cncc1Cl. The predicted molar refractivity (Wildman–Crippen MR) is 43.0 cm³/mol. The van der Waals surface area contributed by atoms with E-state index in [1.807, 2.05) is 6.92 Å². The van der Waals surface area contributed by atoms with Crippen molar-refractivity contribution in [2.24, 2.45) is 0 Å². The summed E-state index contributed by atoms with van der Waals surface area (Å²) in [4.78, 5) is 3.84. The molecule has 1 heterocycles. The fourth-order valence-electron chi connectivity index (χ4n) is 0.850. The van der Waals surface area contributed by atoms with Gasteiger partial charge < -0.3 is 5.73 Å². The van der Waals surface area contributed by atoms with Crippen molar-refractivity contribution in [3.8, 4) is 0 Å². The van der Waals surface area contributed by atoms with Crippen molar-refractivity contribution in [3.63, 3.8) is 0 Å². The van der Waals surface area contributed by atoms with Crippen LogP contribution in [0.5, 0.6) is 0 Å². The molecular weight excluding hydrogens is 148 g/mol. The lowest BCUT2D eigenvalue weighted by Gasteiger charge is -2.02. The molecule has 0 aliphatic heterocycles. The second-order valence-electron chi connectivity index (χ2n) is 2.04. The number of aromatic nitrogens is 1. The first-order valence-electron chi connectivity index (χ1n) is 3.13. The number of hydrogen-bond acceptors (Lipinski definition) is 2. The fourth-order valence-corrected chi connectivity index (χ4v) is 1.15. The van der Waals surface area contributed by atoms with Crippen molar-refractivity contribution in [1.82, 2.24) is 4.98 Å². The first-order valence-corrected chi connectivity index (χ1v) is 3.51. The summed E-state index contributed by atoms with van der Waals surface area (Å²) < 4.78 is 0. The van der Waals surface area contributed by atoms with Gasteiger partial charge in [0.2, 0.25) is 0 Å². The number of anilines is 1. The van der Waals surface area contributed by atoms with E-state index in [9.17, 15) is 0 Å². The van der Waals surface area contributed by atoms with Gasteiger partial charge in [-0.25, -0.2) is 0 Å². The molecule has 0 atom stereocenters. The van der Waals surface area contributed by atoms with Crippen LogP contribution in [0.2, 0.25) is 5.02 Å². The number of rotatable bonds is 1. The summed E-state index contributed by atoms with van der Waals surface area (Å²) in [5.74, 6) is 0. The first-order chi connectivity index (χ1) is 4.75. The molecule has 2 N–H and O–H groups in total. The Hall–Kier alpha value is -0.760. The molecule has 2 nitrogen and oxygen atoms in total. The highest BCUT2D eigenvalue weighted by Crippen LogP contribution is 2.19. The summed E-state index contributed by atoms with van der Waals surface area (Å²) in [5, 5.41) is 0.655. The highest BCUT2D eigenvalue weighted by Gasteiger charge is 2.00. The van der Waals surface area contributed by atoms with Gasteiger partial charge >= 0.3 is 0 Å². The predicted octanol–water partition coefficient (Wildman–Crippen LogP) is 1.88. The maximum Gasteiger partial charge on any atom is 0.0641 e. The highest BCUT2D eigenvalue weighted by molar-refractivity contribution is 6.31. The van der Waals surface area contributed by atoms with E-state index in [1.54, 1.807) is 12.4 Å². The summed E-state index contributed by atoms with van der Waals surface area (Å²) >= 11 is 5.79. The minimum Gasteiger partial charge on any atom is -0.397 e. The van der Waals surface area contributed by atoms with Crippen LogP contribution in [-0.4, -0.2) is 4.98 Å². The molecule has 0 saturated carbocycles. The Labute approximate surface area is 65.0 Å². The van der Waals surface area contributed by atoms with Crippen molar-refractivity contribution in [1.29, 1.82) is 0 Å². The van der Waals surface area contributed by atoms with Crippen LogP contribution in [0.3, 0.4) is 0 Å². The van der Waals surface area contributed by atoms with Crippen molar-refractivity contribution < 1.29 is 0 Å². The molecule has 0 spiro atoms. The van der Waals surface area contributed by atoms with Crippen LogP contribution in [0.4, 0.5) is 5.69 Å². The number of pyridine rings is 1. The fraction of sp³-hybridized carbons (Fsp3) is 0.286. The molecule has 0 aliphatic carbocycles. The van der Waals surface area contributed by atoms with E-state index in [0.717, 1.165) is 12.0 Å². The Bertz CT molecular complexity index is 215. The molecule has 1 aromatic rings. The molecule has 54 valence electrons. The Morgan fingerprint density at radius 2 is 2.30 bits per heavy atom. The molecule has 0 radical (unpaired) electrons. The lowest BCUT2D eigenvalue weighted by molar-refractivity contribution is 1.12. The third-order valence-electron chi connectivity index (χ3n) is 1.39. The van der Waals surface area contributed by atoms with E-state index in [0.29, 0.717) is 10.7 Å². The molecule has 10 heavy (non-hydrogen) atoms. The lowest BCUT2D eigenvalue weighted by atomic mass is 10.2. The topological polar surface area (TPSA) is 38.9 Å². The van der Waals surface area contributed by atoms with Crippen molar-refractivity contribution >= 4 is 17.3 Å². The van der Waals surface area contributed by atoms with Gasteiger partial charge in [0.25, 0.3) is 0 Å². The maximum atomic E-state index is 5.79. The van der Waals surface area contributed by atoms with E-state index in [4.69, 9.17) is 17.3 Å². The van der Waals surface area contributed by atoms with E-state index in [2.05, 4.69) is 4.98 Å². The Morgan fingerprint density at radius 3 is 2.70 bits per heavy atom. The third kappa shape index (κ3) is 1.21. The monoisotopic (exact) mass is 156 g/mol. The summed E-state index contributed by atoms with van der Waals surface area (Å²) in [6.45, 7) is 2.01. The molecule has 0 bridgehead atoms. The van der Waals surface area contributed by atoms with Gasteiger partial charge in [-0.1, -0.05) is 18.5 Å². The van der Waals surface area contributed by atoms with Crippen molar-refractivity contribution in [2.75, 3.05) is 5.73 Å². The Balaban J connectivity index is 3.17. The molecule has 0 aromatic carbocycles. The quantitative estimate of drug-likeness (QED) is 0.675. The number of halogens is 1. The number of nitrogen functional groups attached to an aromatic ring is 1. The van der Waals surface area contributed by atoms with Gasteiger partial charge in [0.1, 0.15) is 0 Å². The minimum atomic E-state index is 0.655. The second kappa shape index (κ2) is 2.88. The van der Waals surface area contributed by atoms with E-state index in [-0.39, 0.29) is 0 Å². The zero-order valence-corrected chi connectivity index (χ0v) is 6.52. The summed E-state index contributed by atoms with van der Waals surface area (Å²) in [7, 11) is 0. The average molecular weight is 157 g/mol. The summed E-state index contributed by atoms with van der Waals surface area (Å²) in [5.41, 5.74) is 7.24. The third-order valence-corrected chi connectivity index (χ3v) is 1.72. The van der Waals surface area contributed by atoms with Crippen LogP contribution < -0.4 is 5.73 Å². The van der Waals surface area contributed by atoms with E-state index in [1.165, 1.54) is 0 Å². The second-order valence-corrected chi connectivity index (χ2v) is 2.45. The molecule has 0 fully saturated rings. The normalized spacial score (nSPS) is 9.80. The molecule has 0 amide bonds. The molecule has 0 unspecified atom stereocenters. The van der Waals surface area contributed by atoms with Crippen molar-refractivity contribution in [3.05, 3.63) is 23.0 Å². The van der Waals surface area contributed by atoms with Crippen LogP contribution in [-0.2, 0) is 6.42 Å². The summed E-state index contributed by atoms with van der Waals surface area (Å²) in [6.07, 6.45) is 4.08. The zero-order valence-electron chi connectivity index (χ0n) is 5.76. The summed E-state index contributed by atoms with van der Waals surface area (Å²) in [6, 6.07) is 0. The maximum absolute atomic E-state index is 5.79. The van der Waals surface area contributed by atoms with Crippen molar-refractivity contribution in [2.45, 2.75) is 13.3 Å². The van der Waals surface area contributed by atoms with Gasteiger partial charge in [0.15, 0.2) is 0 Å². The Kier molecular flexibility index (Phi) is 2.12. The van der Waals surface area contributed by atoms with Gasteiger partial charge in [-0.15, -0.1) is 0 Å². The van der Waals surface area contributed by atoms with Gasteiger partial charge in [-0.3, -0.25) is 4.98 Å². The smallest absolute Gasteiger partial charge is 0.0641 e. The van der Waals surface area contributed by atoms with Gasteiger partial charge in [0, 0.05) is 6.20 Å². The number of hydrogen-bond donors (Lipinski definition) is 1. The Morgan fingerprint density at radius 1 is 1.60 bits per heavy atom. The highest BCUT2D eigenvalue weighted by atomic mass is 35.5. The lowest BCUT2D eigenvalue weighted by Crippen LogP contribution is -1.94. The van der Waals surface area contributed by atoms with Crippen LogP contribution in [0.1, 0.15) is 12.5 Å². The number of nitrogens with two attached hydrogens (primary N) is 1. The number of nitrogens with zero attached hydrogens (tertiary/aromatic N) is 1. The van der Waals surface area contributed by atoms with E-state index < -0.39 is 0 Å². The van der Waals surface area contributed by atoms with Crippen LogP contribution in [0.25, 0.3) is 0 Å². The molecule has 0 saturated heterocycles. The standard InChI is InChI=1S/C7H9ClN2/c1-2-5-6(8)3-10-4-7(5)9/h3-4H,2,9H2,1H3. The molecule has 3 heteroatoms. The van der Waals surface area contributed by atoms with Gasteiger partial charge in [-0.05, 0) is 12.0 Å².